The molecule has 7 rings (SSSR count). The minimum Gasteiger partial charge on any atom is -0.493 e. The van der Waals surface area contributed by atoms with E-state index in [0.717, 1.165) is 19.5 Å². The van der Waals surface area contributed by atoms with E-state index in [0.29, 0.717) is 42.9 Å². The first-order valence-corrected chi connectivity index (χ1v) is 15.8. The number of hydrogen-bond acceptors (Lipinski definition) is 10. The van der Waals surface area contributed by atoms with E-state index in [1.54, 1.807) is 46.6 Å². The van der Waals surface area contributed by atoms with E-state index < -0.39 is 29.2 Å². The molecule has 0 unspecified atom stereocenters. The van der Waals surface area contributed by atoms with Crippen LogP contribution in [0.2, 0.25) is 0 Å². The summed E-state index contributed by atoms with van der Waals surface area (Å²) in [4.78, 5) is 16.8. The molecule has 1 aliphatic heterocycles. The highest BCUT2D eigenvalue weighted by Crippen LogP contribution is 2.79. The number of rotatable bonds is 9. The molecule has 13 atom stereocenters. The van der Waals surface area contributed by atoms with E-state index in [1.807, 2.05) is 0 Å². The molecule has 1 aromatic carbocycles. The Morgan fingerprint density at radius 2 is 1.81 bits per heavy atom. The molecule has 1 saturated heterocycles. The molecule has 6 aliphatic rings. The van der Waals surface area contributed by atoms with Gasteiger partial charge in [-0.15, -0.1) is 0 Å². The van der Waals surface area contributed by atoms with Gasteiger partial charge in [0.2, 0.25) is 0 Å². The van der Waals surface area contributed by atoms with Gasteiger partial charge in [0.15, 0.2) is 11.5 Å². The van der Waals surface area contributed by atoms with Crippen molar-refractivity contribution in [2.75, 3.05) is 55.2 Å². The maximum absolute atomic E-state index is 14.3. The zero-order valence-electron chi connectivity index (χ0n) is 26.2. The second kappa shape index (κ2) is 10.3. The minimum absolute atomic E-state index is 0.00528. The number of carbonyl (C=O) groups is 1. The number of methoxy groups -OCH3 is 5. The number of aliphatic hydroxyl groups is 2. The highest BCUT2D eigenvalue weighted by Gasteiger charge is 2.87. The molecule has 7 bridgehead atoms. The van der Waals surface area contributed by atoms with E-state index in [4.69, 9.17) is 28.4 Å². The molecule has 5 saturated carbocycles. The topological polar surface area (TPSA) is 116 Å². The largest absolute Gasteiger partial charge is 0.493 e. The number of nitrogens with zero attached hydrogens (tertiary/aromatic N) is 1. The van der Waals surface area contributed by atoms with E-state index >= 15 is 0 Å². The molecule has 10 heteroatoms. The molecule has 0 amide bonds. The second-order valence-electron chi connectivity index (χ2n) is 14.0. The number of fused-ring (bicyclic) bond motifs is 2. The molecular weight excluding hydrogens is 554 g/mol. The van der Waals surface area contributed by atoms with Gasteiger partial charge in [-0.25, -0.2) is 4.79 Å². The maximum atomic E-state index is 14.3. The summed E-state index contributed by atoms with van der Waals surface area (Å²) in [6.45, 7) is 4.38. The van der Waals surface area contributed by atoms with E-state index in [9.17, 15) is 15.0 Å². The number of hydrogen-bond donors (Lipinski definition) is 2. The molecular formula is C33H47NO9. The van der Waals surface area contributed by atoms with Crippen molar-refractivity contribution in [2.24, 2.45) is 40.4 Å². The van der Waals surface area contributed by atoms with Crippen LogP contribution in [-0.4, -0.2) is 112 Å². The monoisotopic (exact) mass is 601 g/mol. The molecule has 6 fully saturated rings. The van der Waals surface area contributed by atoms with Gasteiger partial charge in [0.05, 0.1) is 50.8 Å². The van der Waals surface area contributed by atoms with Crippen LogP contribution in [0.15, 0.2) is 18.2 Å². The average molecular weight is 602 g/mol. The summed E-state index contributed by atoms with van der Waals surface area (Å²) in [6.07, 6.45) is 0.854. The number of esters is 1. The lowest BCUT2D eigenvalue weighted by atomic mass is 9.43. The van der Waals surface area contributed by atoms with Gasteiger partial charge in [-0.1, -0.05) is 6.92 Å². The first kappa shape index (κ1) is 29.7. The average Bonchev–Trinajstić information content (AvgIpc) is 3.42. The Morgan fingerprint density at radius 3 is 2.47 bits per heavy atom. The number of ether oxygens (including phenoxy) is 6. The van der Waals surface area contributed by atoms with Gasteiger partial charge in [-0.3, -0.25) is 4.90 Å². The fraction of sp³-hybridized carbons (Fsp3) is 0.788. The van der Waals surface area contributed by atoms with Crippen molar-refractivity contribution in [1.82, 2.24) is 4.90 Å². The summed E-state index contributed by atoms with van der Waals surface area (Å²) in [7, 11) is 8.30. The fourth-order valence-corrected chi connectivity index (χ4v) is 12.0. The second-order valence-corrected chi connectivity index (χ2v) is 14.0. The third-order valence-corrected chi connectivity index (χ3v) is 13.0. The standard InChI is InChI=1S/C33H47NO9/c1-7-34-15-31(16-38-2)11-10-23(35)33-19-13-18-22(41-5)14-32(24(19)26(18)36,25(29(33)34)27(42-6)28(31)33)43-30(37)17-8-9-20(39-3)21(12-17)40-4/h8-9,12,18-19,22-29,35-36H,7,10-11,13-16H2,1-6H3/t18-,19-,22+,23+,24-,25+,26+,27+,28-,29-,31+,32-,33+/m1/s1. The molecule has 1 aromatic rings. The van der Waals surface area contributed by atoms with E-state index in [-0.39, 0.29) is 53.3 Å². The van der Waals surface area contributed by atoms with Crippen LogP contribution >= 0.6 is 0 Å². The van der Waals surface area contributed by atoms with Gasteiger partial charge >= 0.3 is 5.97 Å². The molecule has 1 spiro atoms. The van der Waals surface area contributed by atoms with Crippen LogP contribution in [0, 0.1) is 40.4 Å². The van der Waals surface area contributed by atoms with Gasteiger partial charge in [0, 0.05) is 74.8 Å². The zero-order chi connectivity index (χ0) is 30.5. The van der Waals surface area contributed by atoms with Gasteiger partial charge in [-0.05, 0) is 49.9 Å². The Bertz CT molecular complexity index is 1260. The zero-order valence-corrected chi connectivity index (χ0v) is 26.2. The Morgan fingerprint density at radius 1 is 1.05 bits per heavy atom. The quantitative estimate of drug-likeness (QED) is 0.409. The van der Waals surface area contributed by atoms with Crippen molar-refractivity contribution in [3.8, 4) is 11.5 Å². The van der Waals surface area contributed by atoms with Gasteiger partial charge in [0.1, 0.15) is 5.60 Å². The van der Waals surface area contributed by atoms with Crippen molar-refractivity contribution < 1.29 is 43.4 Å². The molecule has 2 N–H and O–H groups in total. The molecule has 43 heavy (non-hydrogen) atoms. The molecule has 5 aliphatic carbocycles. The number of piperidine rings is 1. The van der Waals surface area contributed by atoms with Crippen LogP contribution in [0.1, 0.15) is 43.0 Å². The Labute approximate surface area is 253 Å². The number of aliphatic hydroxyl groups excluding tert-OH is 2. The van der Waals surface area contributed by atoms with Crippen molar-refractivity contribution in [2.45, 2.75) is 68.7 Å². The summed E-state index contributed by atoms with van der Waals surface area (Å²) in [6, 6.07) is 4.97. The first-order chi connectivity index (χ1) is 20.7. The van der Waals surface area contributed by atoms with Gasteiger partial charge in [0.25, 0.3) is 0 Å². The summed E-state index contributed by atoms with van der Waals surface area (Å²) in [5, 5.41) is 24.3. The molecule has 0 aromatic heterocycles. The summed E-state index contributed by atoms with van der Waals surface area (Å²) >= 11 is 0. The third-order valence-electron chi connectivity index (χ3n) is 13.0. The molecule has 238 valence electrons. The van der Waals surface area contributed by atoms with Crippen molar-refractivity contribution in [1.29, 1.82) is 0 Å². The maximum Gasteiger partial charge on any atom is 0.338 e. The lowest BCUT2D eigenvalue weighted by molar-refractivity contribution is -0.271. The number of benzene rings is 1. The Balaban J connectivity index is 1.43. The smallest absolute Gasteiger partial charge is 0.338 e. The Kier molecular flexibility index (Phi) is 7.12. The summed E-state index contributed by atoms with van der Waals surface area (Å²) in [5.41, 5.74) is -1.44. The van der Waals surface area contributed by atoms with E-state index in [2.05, 4.69) is 11.8 Å². The first-order valence-electron chi connectivity index (χ1n) is 15.8. The highest BCUT2D eigenvalue weighted by atomic mass is 16.6. The minimum atomic E-state index is -1.06. The predicted octanol–water partition coefficient (Wildman–Crippen LogP) is 2.38. The molecule has 1 heterocycles. The lowest BCUT2D eigenvalue weighted by Gasteiger charge is -2.69. The van der Waals surface area contributed by atoms with Crippen LogP contribution in [0.3, 0.4) is 0 Å². The Hall–Kier alpha value is -1.95. The van der Waals surface area contributed by atoms with Crippen LogP contribution < -0.4 is 9.47 Å². The summed E-state index contributed by atoms with van der Waals surface area (Å²) in [5.74, 6) is -0.287. The lowest BCUT2D eigenvalue weighted by Crippen LogP contribution is -2.76. The molecule has 10 nitrogen and oxygen atoms in total. The molecule has 0 radical (unpaired) electrons. The van der Waals surface area contributed by atoms with Crippen LogP contribution in [0.4, 0.5) is 0 Å². The van der Waals surface area contributed by atoms with E-state index in [1.165, 1.54) is 7.11 Å². The number of likely N-dealkylation sites (tertiary alicyclic amines) is 1. The van der Waals surface area contributed by atoms with Crippen molar-refractivity contribution in [3.63, 3.8) is 0 Å². The van der Waals surface area contributed by atoms with Crippen LogP contribution in [0.5, 0.6) is 11.5 Å². The third kappa shape index (κ3) is 3.54. The normalized spacial score (nSPS) is 47.3. The van der Waals surface area contributed by atoms with Crippen molar-refractivity contribution in [3.05, 3.63) is 23.8 Å². The van der Waals surface area contributed by atoms with Crippen molar-refractivity contribution >= 4 is 5.97 Å². The van der Waals surface area contributed by atoms with Gasteiger partial charge in [-0.2, -0.15) is 0 Å². The van der Waals surface area contributed by atoms with Crippen LogP contribution in [0.25, 0.3) is 0 Å². The highest BCUT2D eigenvalue weighted by molar-refractivity contribution is 5.90. The van der Waals surface area contributed by atoms with Crippen LogP contribution in [-0.2, 0) is 18.9 Å². The van der Waals surface area contributed by atoms with Gasteiger partial charge < -0.3 is 38.6 Å². The number of carbonyl (C=O) groups excluding carboxylic acids is 1. The SMILES string of the molecule is CCN1C[C@]2(COC)CC[C@H](O)[C@@]34[C@@H]5C[C@H]6[C@H](O)[C@@H]5[C@](OC(=O)c5ccc(OC)c(OC)c5)(C[C@@H]6OC)[C@@H]([C@H](OC)[C@H]23)[C@@H]14. The predicted molar refractivity (Wildman–Crippen MR) is 155 cm³/mol. The fourth-order valence-electron chi connectivity index (χ4n) is 12.0. The summed E-state index contributed by atoms with van der Waals surface area (Å²) < 4.78 is 36.4.